The van der Waals surface area contributed by atoms with Gasteiger partial charge in [-0.1, -0.05) is 41.7 Å². The minimum absolute atomic E-state index is 0.265. The van der Waals surface area contributed by atoms with Gasteiger partial charge in [0, 0.05) is 5.39 Å². The van der Waals surface area contributed by atoms with Crippen LogP contribution in [0.25, 0.3) is 21.1 Å². The maximum atomic E-state index is 12.5. The van der Waals surface area contributed by atoms with Crippen LogP contribution in [0, 0.1) is 6.92 Å². The molecule has 4 aromatic rings. The van der Waals surface area contributed by atoms with Gasteiger partial charge in [-0.05, 0) is 31.5 Å². The summed E-state index contributed by atoms with van der Waals surface area (Å²) in [5.41, 5.74) is 2.96. The van der Waals surface area contributed by atoms with Crippen molar-refractivity contribution in [1.29, 1.82) is 0 Å². The maximum absolute atomic E-state index is 12.5. The van der Waals surface area contributed by atoms with Gasteiger partial charge >= 0.3 is 0 Å². The molecule has 0 saturated heterocycles. The van der Waals surface area contributed by atoms with Gasteiger partial charge < -0.3 is 10.6 Å². The van der Waals surface area contributed by atoms with Gasteiger partial charge in [-0.25, -0.2) is 4.98 Å². The van der Waals surface area contributed by atoms with Crippen LogP contribution in [0.1, 0.15) is 23.0 Å². The Kier molecular flexibility index (Phi) is 4.33. The number of rotatable bonds is 4. The number of hydrogen-bond donors (Lipinski definition) is 3. The number of nitrogens with one attached hydrogen (secondary N) is 3. The van der Waals surface area contributed by atoms with E-state index in [1.54, 1.807) is 6.92 Å². The molecule has 4 rings (SSSR count). The lowest BCUT2D eigenvalue weighted by molar-refractivity contribution is -0.117. The molecule has 2 aromatic carbocycles. The number of carbonyl (C=O) groups excluding carboxylic acids is 2. The Labute approximate surface area is 158 Å². The number of H-pyrrole nitrogens is 1. The molecule has 3 N–H and O–H groups in total. The Morgan fingerprint density at radius 1 is 1.15 bits per heavy atom. The average Bonchev–Trinajstić information content (AvgIpc) is 3.26. The third-order valence-corrected chi connectivity index (χ3v) is 5.21. The van der Waals surface area contributed by atoms with Crippen molar-refractivity contribution in [2.24, 2.45) is 0 Å². The second-order valence-electron chi connectivity index (χ2n) is 6.24. The predicted octanol–water partition coefficient (Wildman–Crippen LogP) is 3.24. The minimum Gasteiger partial charge on any atom is -0.339 e. The fourth-order valence-electron chi connectivity index (χ4n) is 2.82. The van der Waals surface area contributed by atoms with Gasteiger partial charge in [0.2, 0.25) is 5.91 Å². The largest absolute Gasteiger partial charge is 0.339 e. The molecule has 2 heterocycles. The monoisotopic (exact) mass is 379 g/mol. The first-order valence-electron chi connectivity index (χ1n) is 8.44. The van der Waals surface area contributed by atoms with Gasteiger partial charge in [0.15, 0.2) is 10.8 Å². The molecule has 2 aromatic heterocycles. The van der Waals surface area contributed by atoms with E-state index in [4.69, 9.17) is 0 Å². The number of aromatic amines is 1. The van der Waals surface area contributed by atoms with Gasteiger partial charge in [0.1, 0.15) is 6.04 Å². The number of anilines is 1. The summed E-state index contributed by atoms with van der Waals surface area (Å²) < 4.78 is 1.00. The van der Waals surface area contributed by atoms with E-state index in [1.807, 2.05) is 49.4 Å². The molecular formula is C19H17N5O2S. The number of nitrogens with zero attached hydrogens (tertiary/aromatic N) is 2. The zero-order chi connectivity index (χ0) is 19.0. The van der Waals surface area contributed by atoms with Gasteiger partial charge in [-0.15, -0.1) is 0 Å². The SMILES string of the molecule is Cc1cccc2sc(NC(=O)C(C)NC(=O)c3n[nH]c4ccccc34)nc12. The number of benzene rings is 2. The summed E-state index contributed by atoms with van der Waals surface area (Å²) in [6.45, 7) is 3.60. The van der Waals surface area contributed by atoms with E-state index in [2.05, 4.69) is 25.8 Å². The predicted molar refractivity (Wildman–Crippen MR) is 106 cm³/mol. The molecule has 8 heteroatoms. The third-order valence-electron chi connectivity index (χ3n) is 4.28. The molecule has 0 bridgehead atoms. The van der Waals surface area contributed by atoms with Crippen molar-refractivity contribution >= 4 is 49.4 Å². The second kappa shape index (κ2) is 6.81. The molecule has 27 heavy (non-hydrogen) atoms. The lowest BCUT2D eigenvalue weighted by Gasteiger charge is -2.12. The molecule has 0 aliphatic heterocycles. The van der Waals surface area contributed by atoms with Crippen LogP contribution in [-0.4, -0.2) is 33.0 Å². The molecule has 7 nitrogen and oxygen atoms in total. The Hall–Kier alpha value is -3.26. The molecule has 1 unspecified atom stereocenters. The summed E-state index contributed by atoms with van der Waals surface area (Å²) in [7, 11) is 0. The first-order valence-corrected chi connectivity index (χ1v) is 9.25. The van der Waals surface area contributed by atoms with E-state index < -0.39 is 11.9 Å². The number of aryl methyl sites for hydroxylation is 1. The average molecular weight is 379 g/mol. The van der Waals surface area contributed by atoms with Crippen LogP contribution in [0.15, 0.2) is 42.5 Å². The topological polar surface area (TPSA) is 99.8 Å². The van der Waals surface area contributed by atoms with Crippen LogP contribution in [0.2, 0.25) is 0 Å². The quantitative estimate of drug-likeness (QED) is 0.507. The van der Waals surface area contributed by atoms with Gasteiger partial charge in [0.05, 0.1) is 15.7 Å². The highest BCUT2D eigenvalue weighted by atomic mass is 32.1. The Morgan fingerprint density at radius 3 is 2.78 bits per heavy atom. The standard InChI is InChI=1S/C19H17N5O2S/c1-10-6-5-9-14-15(10)21-19(27-14)22-17(25)11(2)20-18(26)16-12-7-3-4-8-13(12)23-24-16/h3-9,11H,1-2H3,(H,20,26)(H,23,24)(H,21,22,25). The first kappa shape index (κ1) is 17.2. The van der Waals surface area contributed by atoms with E-state index in [1.165, 1.54) is 11.3 Å². The first-order chi connectivity index (χ1) is 13.0. The van der Waals surface area contributed by atoms with Crippen molar-refractivity contribution in [2.45, 2.75) is 19.9 Å². The smallest absolute Gasteiger partial charge is 0.273 e. The number of thiazole rings is 1. The fourth-order valence-corrected chi connectivity index (χ4v) is 3.77. The molecule has 0 fully saturated rings. The van der Waals surface area contributed by atoms with Crippen LogP contribution in [0.3, 0.4) is 0 Å². The van der Waals surface area contributed by atoms with E-state index in [-0.39, 0.29) is 11.6 Å². The molecule has 136 valence electrons. The van der Waals surface area contributed by atoms with Crippen molar-refractivity contribution < 1.29 is 9.59 Å². The van der Waals surface area contributed by atoms with Crippen molar-refractivity contribution in [2.75, 3.05) is 5.32 Å². The van der Waals surface area contributed by atoms with Crippen molar-refractivity contribution in [3.63, 3.8) is 0 Å². The molecule has 1 atom stereocenters. The van der Waals surface area contributed by atoms with Gasteiger partial charge in [-0.2, -0.15) is 5.10 Å². The summed E-state index contributed by atoms with van der Waals surface area (Å²) in [6.07, 6.45) is 0. The van der Waals surface area contributed by atoms with Crippen molar-refractivity contribution in [3.05, 3.63) is 53.7 Å². The highest BCUT2D eigenvalue weighted by Gasteiger charge is 2.21. The van der Waals surface area contributed by atoms with E-state index >= 15 is 0 Å². The highest BCUT2D eigenvalue weighted by Crippen LogP contribution is 2.27. The number of para-hydroxylation sites is 2. The van der Waals surface area contributed by atoms with E-state index in [9.17, 15) is 9.59 Å². The minimum atomic E-state index is -0.735. The Morgan fingerprint density at radius 2 is 1.96 bits per heavy atom. The summed E-state index contributed by atoms with van der Waals surface area (Å²) in [4.78, 5) is 29.4. The maximum Gasteiger partial charge on any atom is 0.273 e. The summed E-state index contributed by atoms with van der Waals surface area (Å²) >= 11 is 1.40. The highest BCUT2D eigenvalue weighted by molar-refractivity contribution is 7.22. The van der Waals surface area contributed by atoms with Crippen LogP contribution >= 0.6 is 11.3 Å². The van der Waals surface area contributed by atoms with E-state index in [0.717, 1.165) is 21.3 Å². The molecule has 0 aliphatic carbocycles. The van der Waals surface area contributed by atoms with Crippen LogP contribution in [0.4, 0.5) is 5.13 Å². The number of carbonyl (C=O) groups is 2. The molecule has 0 aliphatic rings. The lowest BCUT2D eigenvalue weighted by Crippen LogP contribution is -2.41. The fraction of sp³-hybridized carbons (Fsp3) is 0.158. The molecule has 0 saturated carbocycles. The number of amides is 2. The Bertz CT molecular complexity index is 1160. The van der Waals surface area contributed by atoms with E-state index in [0.29, 0.717) is 10.5 Å². The molecular weight excluding hydrogens is 362 g/mol. The molecule has 0 spiro atoms. The van der Waals surface area contributed by atoms with Crippen LogP contribution in [-0.2, 0) is 4.79 Å². The molecule has 2 amide bonds. The summed E-state index contributed by atoms with van der Waals surface area (Å²) in [5, 5.41) is 13.5. The second-order valence-corrected chi connectivity index (χ2v) is 7.27. The zero-order valence-electron chi connectivity index (χ0n) is 14.7. The lowest BCUT2D eigenvalue weighted by atomic mass is 10.2. The van der Waals surface area contributed by atoms with Crippen LogP contribution in [0.5, 0.6) is 0 Å². The van der Waals surface area contributed by atoms with Crippen molar-refractivity contribution in [1.82, 2.24) is 20.5 Å². The zero-order valence-corrected chi connectivity index (χ0v) is 15.6. The number of aromatic nitrogens is 3. The normalized spacial score (nSPS) is 12.2. The third kappa shape index (κ3) is 3.26. The van der Waals surface area contributed by atoms with Crippen molar-refractivity contribution in [3.8, 4) is 0 Å². The number of hydrogen-bond acceptors (Lipinski definition) is 5. The summed E-state index contributed by atoms with van der Waals surface area (Å²) in [5.74, 6) is -0.741. The van der Waals surface area contributed by atoms with Gasteiger partial charge in [0.25, 0.3) is 5.91 Å². The van der Waals surface area contributed by atoms with Crippen LogP contribution < -0.4 is 10.6 Å². The molecule has 0 radical (unpaired) electrons. The van der Waals surface area contributed by atoms with Gasteiger partial charge in [-0.3, -0.25) is 14.7 Å². The summed E-state index contributed by atoms with van der Waals surface area (Å²) in [6, 6.07) is 12.5. The Balaban J connectivity index is 1.47. The number of fused-ring (bicyclic) bond motifs is 2.